The van der Waals surface area contributed by atoms with Gasteiger partial charge in [0.15, 0.2) is 0 Å². The Bertz CT molecular complexity index is 687. The number of hydrogen-bond donors (Lipinski definition) is 4. The van der Waals surface area contributed by atoms with Crippen LogP contribution in [0.5, 0.6) is 0 Å². The summed E-state index contributed by atoms with van der Waals surface area (Å²) in [5, 5.41) is 34.1. The van der Waals surface area contributed by atoms with Crippen LogP contribution in [0.15, 0.2) is 41.1 Å². The number of amides is 1. The van der Waals surface area contributed by atoms with Gasteiger partial charge in [0, 0.05) is 17.5 Å². The Labute approximate surface area is 142 Å². The molecule has 1 heterocycles. The van der Waals surface area contributed by atoms with E-state index in [1.165, 1.54) is 10.8 Å². The van der Waals surface area contributed by atoms with Crippen LogP contribution in [0.3, 0.4) is 0 Å². The second-order valence-corrected chi connectivity index (χ2v) is 5.74. The number of hydrogen-bond acceptors (Lipinski definition) is 6. The number of alkyl carbamates (subject to hydrolysis) is 1. The molecule has 24 heavy (non-hydrogen) atoms. The predicted molar refractivity (Wildman–Crippen MR) is 86.9 cm³/mol. The first kappa shape index (κ1) is 17.9. The Morgan fingerprint density at radius 1 is 1.17 bits per heavy atom. The third-order valence-electron chi connectivity index (χ3n) is 3.27. The lowest BCUT2D eigenvalue weighted by Crippen LogP contribution is -2.36. The molecule has 2 unspecified atom stereocenters. The topological polar surface area (TPSA) is 116 Å². The minimum Gasteiger partial charge on any atom is -0.478 e. The fourth-order valence-electron chi connectivity index (χ4n) is 1.99. The van der Waals surface area contributed by atoms with Gasteiger partial charge in [0.05, 0.1) is 5.56 Å². The Morgan fingerprint density at radius 3 is 2.54 bits per heavy atom. The van der Waals surface area contributed by atoms with Gasteiger partial charge >= 0.3 is 12.1 Å². The molecule has 0 saturated heterocycles. The van der Waals surface area contributed by atoms with Crippen molar-refractivity contribution >= 4 is 23.4 Å². The summed E-state index contributed by atoms with van der Waals surface area (Å²) in [5.74, 6) is -1.19. The SMILES string of the molecule is O=C(NCC(O)C(O)c1cscc1C(=O)O)OCc1ccccc1. The molecule has 4 N–H and O–H groups in total. The summed E-state index contributed by atoms with van der Waals surface area (Å²) in [6.07, 6.45) is -3.52. The first-order valence-corrected chi connectivity index (χ1v) is 8.03. The van der Waals surface area contributed by atoms with Gasteiger partial charge in [-0.1, -0.05) is 30.3 Å². The molecule has 7 nitrogen and oxygen atoms in total. The summed E-state index contributed by atoms with van der Waals surface area (Å²) >= 11 is 1.11. The van der Waals surface area contributed by atoms with Gasteiger partial charge in [0.1, 0.15) is 18.8 Å². The maximum Gasteiger partial charge on any atom is 0.407 e. The zero-order chi connectivity index (χ0) is 17.5. The number of carboxylic acids is 1. The average molecular weight is 351 g/mol. The standard InChI is InChI=1S/C16H17NO6S/c18-13(14(19)11-8-24-9-12(11)15(20)21)6-17-16(22)23-7-10-4-2-1-3-5-10/h1-5,8-9,13-14,18-19H,6-7H2,(H,17,22)(H,20,21). The van der Waals surface area contributed by atoms with Crippen LogP contribution < -0.4 is 5.32 Å². The molecule has 0 aliphatic rings. The van der Waals surface area contributed by atoms with Gasteiger partial charge < -0.3 is 25.4 Å². The summed E-state index contributed by atoms with van der Waals surface area (Å²) in [7, 11) is 0. The number of carbonyl (C=O) groups excluding carboxylic acids is 1. The molecule has 2 rings (SSSR count). The van der Waals surface area contributed by atoms with Gasteiger partial charge in [0.25, 0.3) is 0 Å². The van der Waals surface area contributed by atoms with Gasteiger partial charge in [-0.25, -0.2) is 9.59 Å². The molecule has 1 aromatic carbocycles. The number of carboxylic acid groups (broad SMARTS) is 1. The van der Waals surface area contributed by atoms with E-state index in [4.69, 9.17) is 9.84 Å². The number of benzene rings is 1. The van der Waals surface area contributed by atoms with Crippen molar-refractivity contribution in [1.82, 2.24) is 5.32 Å². The van der Waals surface area contributed by atoms with E-state index in [2.05, 4.69) is 5.32 Å². The summed E-state index contributed by atoms with van der Waals surface area (Å²) in [4.78, 5) is 22.6. The van der Waals surface area contributed by atoms with Crippen LogP contribution in [-0.4, -0.2) is 40.0 Å². The average Bonchev–Trinajstić information content (AvgIpc) is 3.08. The number of carbonyl (C=O) groups is 2. The van der Waals surface area contributed by atoms with Gasteiger partial charge in [-0.3, -0.25) is 0 Å². The molecular weight excluding hydrogens is 334 g/mol. The van der Waals surface area contributed by atoms with Crippen molar-refractivity contribution in [1.29, 1.82) is 0 Å². The van der Waals surface area contributed by atoms with Gasteiger partial charge in [-0.2, -0.15) is 11.3 Å². The van der Waals surface area contributed by atoms with E-state index in [0.717, 1.165) is 16.9 Å². The van der Waals surface area contributed by atoms with E-state index in [1.54, 1.807) is 12.1 Å². The largest absolute Gasteiger partial charge is 0.478 e. The first-order valence-electron chi connectivity index (χ1n) is 7.09. The zero-order valence-corrected chi connectivity index (χ0v) is 13.4. The predicted octanol–water partition coefficient (Wildman–Crippen LogP) is 1.77. The van der Waals surface area contributed by atoms with Crippen LogP contribution in [0, 0.1) is 0 Å². The van der Waals surface area contributed by atoms with Crippen LogP contribution in [0.1, 0.15) is 27.6 Å². The fourth-order valence-corrected chi connectivity index (χ4v) is 2.84. The van der Waals surface area contributed by atoms with E-state index in [1.807, 2.05) is 18.2 Å². The van der Waals surface area contributed by atoms with Crippen molar-refractivity contribution in [3.63, 3.8) is 0 Å². The summed E-state index contributed by atoms with van der Waals surface area (Å²) in [6.45, 7) is -0.192. The molecule has 0 aliphatic carbocycles. The van der Waals surface area contributed by atoms with E-state index >= 15 is 0 Å². The Kier molecular flexibility index (Phi) is 6.30. The number of aromatic carboxylic acids is 1. The monoisotopic (exact) mass is 351 g/mol. The normalized spacial score (nSPS) is 13.1. The third-order valence-corrected chi connectivity index (χ3v) is 4.04. The quantitative estimate of drug-likeness (QED) is 0.604. The highest BCUT2D eigenvalue weighted by molar-refractivity contribution is 7.08. The highest BCUT2D eigenvalue weighted by Crippen LogP contribution is 2.25. The van der Waals surface area contributed by atoms with Crippen LogP contribution >= 0.6 is 11.3 Å². The summed E-state index contributed by atoms with van der Waals surface area (Å²) in [5.41, 5.74) is 0.857. The minimum absolute atomic E-state index is 0.0711. The lowest BCUT2D eigenvalue weighted by atomic mass is 10.0. The molecule has 1 amide bonds. The molecule has 2 atom stereocenters. The summed E-state index contributed by atoms with van der Waals surface area (Å²) in [6, 6.07) is 9.08. The second-order valence-electron chi connectivity index (χ2n) is 5.00. The molecular formula is C16H17NO6S. The molecule has 0 bridgehead atoms. The molecule has 2 aromatic rings. The van der Waals surface area contributed by atoms with Gasteiger partial charge in [0.2, 0.25) is 0 Å². The van der Waals surface area contributed by atoms with Crippen molar-refractivity contribution in [2.45, 2.75) is 18.8 Å². The number of rotatable bonds is 7. The van der Waals surface area contributed by atoms with Crippen molar-refractivity contribution in [3.05, 3.63) is 57.8 Å². The number of nitrogens with one attached hydrogen (secondary N) is 1. The zero-order valence-electron chi connectivity index (χ0n) is 12.6. The van der Waals surface area contributed by atoms with Crippen molar-refractivity contribution in [2.75, 3.05) is 6.54 Å². The summed E-state index contributed by atoms with van der Waals surface area (Å²) < 4.78 is 4.98. The number of thiophene rings is 1. The van der Waals surface area contributed by atoms with E-state index < -0.39 is 24.3 Å². The van der Waals surface area contributed by atoms with E-state index in [0.29, 0.717) is 0 Å². The lowest BCUT2D eigenvalue weighted by Gasteiger charge is -2.18. The van der Waals surface area contributed by atoms with Crippen molar-refractivity contribution in [3.8, 4) is 0 Å². The first-order chi connectivity index (χ1) is 11.5. The number of aliphatic hydroxyl groups excluding tert-OH is 2. The van der Waals surface area contributed by atoms with E-state index in [9.17, 15) is 19.8 Å². The minimum atomic E-state index is -1.42. The lowest BCUT2D eigenvalue weighted by molar-refractivity contribution is 0.0176. The molecule has 128 valence electrons. The molecule has 0 aliphatic heterocycles. The second kappa shape index (κ2) is 8.44. The number of ether oxygens (including phenoxy) is 1. The maximum absolute atomic E-state index is 11.6. The Hall–Kier alpha value is -2.42. The number of aliphatic hydroxyl groups is 2. The van der Waals surface area contributed by atoms with Crippen LogP contribution in [0.2, 0.25) is 0 Å². The molecule has 1 aromatic heterocycles. The molecule has 8 heteroatoms. The smallest absolute Gasteiger partial charge is 0.407 e. The Morgan fingerprint density at radius 2 is 1.88 bits per heavy atom. The van der Waals surface area contributed by atoms with Crippen LogP contribution in [0.25, 0.3) is 0 Å². The third kappa shape index (κ3) is 4.79. The Balaban J connectivity index is 1.81. The van der Waals surface area contributed by atoms with Gasteiger partial charge in [-0.05, 0) is 10.9 Å². The maximum atomic E-state index is 11.6. The molecule has 0 spiro atoms. The highest BCUT2D eigenvalue weighted by Gasteiger charge is 2.25. The molecule has 0 fully saturated rings. The highest BCUT2D eigenvalue weighted by atomic mass is 32.1. The van der Waals surface area contributed by atoms with Crippen molar-refractivity contribution in [2.24, 2.45) is 0 Å². The van der Waals surface area contributed by atoms with Crippen molar-refractivity contribution < 1.29 is 29.6 Å². The molecule has 0 saturated carbocycles. The van der Waals surface area contributed by atoms with Crippen LogP contribution in [-0.2, 0) is 11.3 Å². The van der Waals surface area contributed by atoms with Gasteiger partial charge in [-0.15, -0.1) is 0 Å². The van der Waals surface area contributed by atoms with Crippen LogP contribution in [0.4, 0.5) is 4.79 Å². The van der Waals surface area contributed by atoms with E-state index in [-0.39, 0.29) is 24.3 Å². The fraction of sp³-hybridized carbons (Fsp3) is 0.250. The molecule has 0 radical (unpaired) electrons.